The molecule has 0 spiro atoms. The summed E-state index contributed by atoms with van der Waals surface area (Å²) in [6, 6.07) is 5.89. The Morgan fingerprint density at radius 1 is 1.18 bits per heavy atom. The average Bonchev–Trinajstić information content (AvgIpc) is 2.74. The highest BCUT2D eigenvalue weighted by Crippen LogP contribution is 2.55. The number of aliphatic hydroxyl groups is 1. The largest absolute Gasteiger partial charge is 0.390 e. The van der Waals surface area contributed by atoms with E-state index in [0.717, 1.165) is 37.9 Å². The molecule has 1 saturated heterocycles. The molecule has 4 aliphatic carbocycles. The third-order valence-electron chi connectivity index (χ3n) is 8.23. The Morgan fingerprint density at radius 3 is 2.55 bits per heavy atom. The van der Waals surface area contributed by atoms with Crippen molar-refractivity contribution in [2.24, 2.45) is 17.8 Å². The van der Waals surface area contributed by atoms with Crippen molar-refractivity contribution in [2.45, 2.75) is 56.7 Å². The Balaban J connectivity index is 1.23. The van der Waals surface area contributed by atoms with Crippen molar-refractivity contribution < 1.29 is 14.7 Å². The van der Waals surface area contributed by atoms with Gasteiger partial charge in [0.2, 0.25) is 5.91 Å². The van der Waals surface area contributed by atoms with E-state index in [9.17, 15) is 14.7 Å². The molecule has 8 nitrogen and oxygen atoms in total. The van der Waals surface area contributed by atoms with Crippen molar-refractivity contribution in [3.63, 3.8) is 0 Å². The number of carbonyl (C=O) groups excluding carboxylic acids is 2. The van der Waals surface area contributed by atoms with Gasteiger partial charge in [-0.25, -0.2) is 4.98 Å². The van der Waals surface area contributed by atoms with Crippen molar-refractivity contribution in [3.8, 4) is 0 Å². The zero-order chi connectivity index (χ0) is 23.3. The zero-order valence-electron chi connectivity index (χ0n) is 20.0. The van der Waals surface area contributed by atoms with E-state index in [1.165, 1.54) is 0 Å². The maximum absolute atomic E-state index is 13.2. The van der Waals surface area contributed by atoms with Gasteiger partial charge in [-0.1, -0.05) is 6.07 Å². The van der Waals surface area contributed by atoms with E-state index in [2.05, 4.69) is 17.1 Å². The van der Waals surface area contributed by atoms with Gasteiger partial charge in [-0.2, -0.15) is 0 Å². The maximum atomic E-state index is 13.2. The second-order valence-electron chi connectivity index (χ2n) is 11.2. The molecule has 2 heterocycles. The van der Waals surface area contributed by atoms with E-state index in [1.54, 1.807) is 6.07 Å². The lowest BCUT2D eigenvalue weighted by molar-refractivity contribution is -0.137. The molecule has 0 aromatic carbocycles. The molecule has 1 aromatic rings. The van der Waals surface area contributed by atoms with Gasteiger partial charge in [0, 0.05) is 31.7 Å². The van der Waals surface area contributed by atoms with E-state index in [4.69, 9.17) is 4.98 Å². The van der Waals surface area contributed by atoms with Gasteiger partial charge in [0.05, 0.1) is 12.1 Å². The Morgan fingerprint density at radius 2 is 1.91 bits per heavy atom. The van der Waals surface area contributed by atoms with Gasteiger partial charge in [-0.3, -0.25) is 9.59 Å². The van der Waals surface area contributed by atoms with Crippen LogP contribution < -0.4 is 10.2 Å². The summed E-state index contributed by atoms with van der Waals surface area (Å²) in [5, 5.41) is 14.1. The lowest BCUT2D eigenvalue weighted by Crippen LogP contribution is -2.61. The number of likely N-dealkylation sites (N-methyl/N-ethyl adjacent to an activating group) is 1. The van der Waals surface area contributed by atoms with Gasteiger partial charge in [0.1, 0.15) is 11.5 Å². The number of anilines is 1. The number of nitrogens with zero attached hydrogens (tertiary/aromatic N) is 4. The summed E-state index contributed by atoms with van der Waals surface area (Å²) in [5.41, 5.74) is -0.0550. The Hall–Kier alpha value is -2.19. The van der Waals surface area contributed by atoms with Crippen LogP contribution in [0.4, 0.5) is 5.82 Å². The second-order valence-corrected chi connectivity index (χ2v) is 11.2. The van der Waals surface area contributed by atoms with Crippen LogP contribution >= 0.6 is 0 Å². The molecule has 180 valence electrons. The quantitative estimate of drug-likeness (QED) is 0.697. The monoisotopic (exact) mass is 455 g/mol. The van der Waals surface area contributed by atoms with Gasteiger partial charge in [-0.05, 0) is 83.0 Å². The molecule has 2 unspecified atom stereocenters. The molecule has 4 saturated carbocycles. The highest BCUT2D eigenvalue weighted by Gasteiger charge is 2.55. The van der Waals surface area contributed by atoms with Crippen LogP contribution in [0.1, 0.15) is 49.5 Å². The number of aromatic nitrogens is 1. The second kappa shape index (κ2) is 8.55. The van der Waals surface area contributed by atoms with Crippen LogP contribution in [0.2, 0.25) is 0 Å². The topological polar surface area (TPSA) is 89.0 Å². The van der Waals surface area contributed by atoms with Crippen molar-refractivity contribution in [3.05, 3.63) is 23.9 Å². The molecule has 33 heavy (non-hydrogen) atoms. The summed E-state index contributed by atoms with van der Waals surface area (Å²) in [6.07, 6.45) is 4.80. The Labute approximate surface area is 196 Å². The summed E-state index contributed by atoms with van der Waals surface area (Å²) in [6.45, 7) is 4.53. The number of nitrogens with one attached hydrogen (secondary N) is 1. The van der Waals surface area contributed by atoms with Crippen LogP contribution in [0.5, 0.6) is 0 Å². The first-order valence-corrected chi connectivity index (χ1v) is 12.4. The van der Waals surface area contributed by atoms with Crippen molar-refractivity contribution >= 4 is 17.6 Å². The SMILES string of the molecule is C[C@@H]1CN(C(=O)CN(C)C)CCN1c1cccc(C(=O)NC2C3CC4CC2CC(O)(C4)C3)n1. The van der Waals surface area contributed by atoms with Crippen LogP contribution in [0, 0.1) is 17.8 Å². The molecule has 2 N–H and O–H groups in total. The summed E-state index contributed by atoms with van der Waals surface area (Å²) in [5.74, 6) is 2.19. The van der Waals surface area contributed by atoms with Gasteiger partial charge >= 0.3 is 0 Å². The highest BCUT2D eigenvalue weighted by molar-refractivity contribution is 5.93. The van der Waals surface area contributed by atoms with Crippen LogP contribution in [-0.2, 0) is 4.79 Å². The summed E-state index contributed by atoms with van der Waals surface area (Å²) >= 11 is 0. The number of rotatable bonds is 5. The van der Waals surface area contributed by atoms with E-state index in [-0.39, 0.29) is 23.9 Å². The standard InChI is InChI=1S/C25H37N5O3/c1-16-14-29(22(31)15-28(2)3)7-8-30(16)21-6-4-5-20(26-21)24(32)27-23-18-9-17-10-19(23)13-25(33,11-17)12-18/h4-6,16-19,23,33H,7-15H2,1-3H3,(H,27,32)/t16-,17?,18?,19?,23?,25?/m1/s1. The van der Waals surface area contributed by atoms with E-state index in [0.29, 0.717) is 49.6 Å². The van der Waals surface area contributed by atoms with Gasteiger partial charge in [-0.15, -0.1) is 0 Å². The molecule has 1 aliphatic heterocycles. The van der Waals surface area contributed by atoms with Crippen molar-refractivity contribution in [1.29, 1.82) is 0 Å². The smallest absolute Gasteiger partial charge is 0.270 e. The summed E-state index contributed by atoms with van der Waals surface area (Å²) in [7, 11) is 3.81. The van der Waals surface area contributed by atoms with E-state index >= 15 is 0 Å². The first-order chi connectivity index (χ1) is 15.7. The molecule has 0 radical (unpaired) electrons. The fourth-order valence-corrected chi connectivity index (χ4v) is 7.05. The molecule has 3 atom stereocenters. The van der Waals surface area contributed by atoms with Crippen LogP contribution in [0.25, 0.3) is 0 Å². The lowest BCUT2D eigenvalue weighted by Gasteiger charge is -2.58. The van der Waals surface area contributed by atoms with E-state index < -0.39 is 5.60 Å². The molecular formula is C25H37N5O3. The zero-order valence-corrected chi connectivity index (χ0v) is 20.0. The third kappa shape index (κ3) is 4.47. The molecule has 6 rings (SSSR count). The number of amides is 2. The van der Waals surface area contributed by atoms with Gasteiger partial charge < -0.3 is 25.1 Å². The fourth-order valence-electron chi connectivity index (χ4n) is 7.05. The minimum atomic E-state index is -0.498. The van der Waals surface area contributed by atoms with Crippen LogP contribution in [-0.4, -0.2) is 89.7 Å². The van der Waals surface area contributed by atoms with Crippen molar-refractivity contribution in [2.75, 3.05) is 45.2 Å². The Kier molecular flexibility index (Phi) is 5.85. The normalized spacial score (nSPS) is 35.2. The minimum absolute atomic E-state index is 0.117. The molecule has 5 fully saturated rings. The number of hydrogen-bond acceptors (Lipinski definition) is 6. The molecule has 5 aliphatic rings. The van der Waals surface area contributed by atoms with E-state index in [1.807, 2.05) is 36.0 Å². The predicted molar refractivity (Wildman–Crippen MR) is 126 cm³/mol. The lowest BCUT2D eigenvalue weighted by atomic mass is 9.52. The van der Waals surface area contributed by atoms with Crippen LogP contribution in [0.15, 0.2) is 18.2 Å². The molecular weight excluding hydrogens is 418 g/mol. The van der Waals surface area contributed by atoms with Gasteiger partial charge in [0.15, 0.2) is 0 Å². The first kappa shape index (κ1) is 22.6. The number of pyridine rings is 1. The third-order valence-corrected chi connectivity index (χ3v) is 8.23. The fraction of sp³-hybridized carbons (Fsp3) is 0.720. The molecule has 4 bridgehead atoms. The molecule has 1 aromatic heterocycles. The van der Waals surface area contributed by atoms with Crippen LogP contribution in [0.3, 0.4) is 0 Å². The Bertz CT molecular complexity index is 905. The number of hydrogen-bond donors (Lipinski definition) is 2. The predicted octanol–water partition coefficient (Wildman–Crippen LogP) is 1.35. The highest BCUT2D eigenvalue weighted by atomic mass is 16.3. The van der Waals surface area contributed by atoms with Gasteiger partial charge in [0.25, 0.3) is 5.91 Å². The van der Waals surface area contributed by atoms with Crippen molar-refractivity contribution in [1.82, 2.24) is 20.1 Å². The summed E-state index contributed by atoms with van der Waals surface area (Å²) < 4.78 is 0. The maximum Gasteiger partial charge on any atom is 0.270 e. The molecule has 2 amide bonds. The number of piperazine rings is 1. The first-order valence-electron chi connectivity index (χ1n) is 12.4. The minimum Gasteiger partial charge on any atom is -0.390 e. The average molecular weight is 456 g/mol. The summed E-state index contributed by atoms with van der Waals surface area (Å²) in [4.78, 5) is 36.3. The number of carbonyl (C=O) groups is 2. The molecule has 8 heteroatoms.